The molecule has 4 rings (SSSR count). The summed E-state index contributed by atoms with van der Waals surface area (Å²) in [6.45, 7) is 8.84. The van der Waals surface area contributed by atoms with Crippen LogP contribution in [0.25, 0.3) is 0 Å². The van der Waals surface area contributed by atoms with Crippen molar-refractivity contribution in [1.29, 1.82) is 0 Å². The fraction of sp³-hybridized carbons (Fsp3) is 0.917. The molecule has 0 saturated heterocycles. The first-order valence-corrected chi connectivity index (χ1v) is 11.3. The van der Waals surface area contributed by atoms with Gasteiger partial charge in [-0.3, -0.25) is 0 Å². The average Bonchev–Trinajstić information content (AvgIpc) is 3.00. The topological polar surface area (TPSA) is 40.5 Å². The van der Waals surface area contributed by atoms with Gasteiger partial charge in [0.05, 0.1) is 11.2 Å². The maximum Gasteiger partial charge on any atom is 0.0657 e. The van der Waals surface area contributed by atoms with E-state index >= 15 is 0 Å². The summed E-state index contributed by atoms with van der Waals surface area (Å²) in [6.07, 6.45) is 14.0. The van der Waals surface area contributed by atoms with Gasteiger partial charge in [0.1, 0.15) is 0 Å². The lowest BCUT2D eigenvalue weighted by Gasteiger charge is -2.57. The highest BCUT2D eigenvalue weighted by molar-refractivity contribution is 5.26. The Labute approximate surface area is 160 Å². The molecule has 0 bridgehead atoms. The lowest BCUT2D eigenvalue weighted by atomic mass is 9.49. The average molecular weight is 361 g/mol. The second kappa shape index (κ2) is 6.34. The van der Waals surface area contributed by atoms with Crippen molar-refractivity contribution in [1.82, 2.24) is 0 Å². The second-order valence-electron chi connectivity index (χ2n) is 11.0. The molecule has 148 valence electrons. The summed E-state index contributed by atoms with van der Waals surface area (Å²) in [4.78, 5) is 0. The molecule has 8 atom stereocenters. The fourth-order valence-electron chi connectivity index (χ4n) is 7.92. The van der Waals surface area contributed by atoms with Crippen molar-refractivity contribution in [3.8, 4) is 0 Å². The van der Waals surface area contributed by atoms with E-state index in [1.165, 1.54) is 32.1 Å². The summed E-state index contributed by atoms with van der Waals surface area (Å²) in [6, 6.07) is 0. The van der Waals surface area contributed by atoms with Gasteiger partial charge in [-0.1, -0.05) is 31.9 Å². The molecule has 2 N–H and O–H groups in total. The van der Waals surface area contributed by atoms with Gasteiger partial charge in [-0.15, -0.1) is 0 Å². The fourth-order valence-corrected chi connectivity index (χ4v) is 7.92. The van der Waals surface area contributed by atoms with E-state index in [1.807, 2.05) is 6.92 Å². The second-order valence-corrected chi connectivity index (χ2v) is 11.0. The van der Waals surface area contributed by atoms with E-state index in [0.29, 0.717) is 11.3 Å². The summed E-state index contributed by atoms with van der Waals surface area (Å²) < 4.78 is 0. The number of hydrogen-bond donors (Lipinski definition) is 2. The predicted octanol–water partition coefficient (Wildman–Crippen LogP) is 5.48. The lowest BCUT2D eigenvalue weighted by molar-refractivity contribution is -0.0683. The Morgan fingerprint density at radius 1 is 1.08 bits per heavy atom. The summed E-state index contributed by atoms with van der Waals surface area (Å²) in [5.41, 5.74) is 0.915. The Morgan fingerprint density at radius 2 is 1.81 bits per heavy atom. The van der Waals surface area contributed by atoms with Crippen molar-refractivity contribution in [3.05, 3.63) is 11.6 Å². The monoisotopic (exact) mass is 360 g/mol. The van der Waals surface area contributed by atoms with Crippen molar-refractivity contribution >= 4 is 0 Å². The molecular weight excluding hydrogens is 320 g/mol. The van der Waals surface area contributed by atoms with Gasteiger partial charge in [0, 0.05) is 0 Å². The van der Waals surface area contributed by atoms with E-state index in [0.717, 1.165) is 55.8 Å². The van der Waals surface area contributed by atoms with Crippen molar-refractivity contribution in [3.63, 3.8) is 0 Å². The van der Waals surface area contributed by atoms with Crippen LogP contribution in [-0.4, -0.2) is 21.4 Å². The van der Waals surface area contributed by atoms with Crippen molar-refractivity contribution in [2.24, 2.45) is 35.0 Å². The maximum atomic E-state index is 11.1. The normalized spacial score (nSPS) is 50.2. The molecule has 0 aromatic rings. The number of aliphatic hydroxyl groups is 2. The van der Waals surface area contributed by atoms with Crippen LogP contribution >= 0.6 is 0 Å². The molecule has 0 radical (unpaired) electrons. The van der Waals surface area contributed by atoms with Crippen LogP contribution in [0.1, 0.15) is 91.9 Å². The van der Waals surface area contributed by atoms with Gasteiger partial charge in [0.2, 0.25) is 0 Å². The quantitative estimate of drug-likeness (QED) is 0.655. The van der Waals surface area contributed by atoms with Gasteiger partial charge in [-0.25, -0.2) is 0 Å². The molecule has 1 unspecified atom stereocenters. The summed E-state index contributed by atoms with van der Waals surface area (Å²) >= 11 is 0. The molecule has 26 heavy (non-hydrogen) atoms. The molecule has 3 saturated carbocycles. The highest BCUT2D eigenvalue weighted by Gasteiger charge is 2.56. The Balaban J connectivity index is 1.57. The zero-order valence-corrected chi connectivity index (χ0v) is 17.4. The van der Waals surface area contributed by atoms with Crippen molar-refractivity contribution in [2.75, 3.05) is 0 Å². The summed E-state index contributed by atoms with van der Waals surface area (Å²) in [7, 11) is 0. The first-order valence-electron chi connectivity index (χ1n) is 11.3. The van der Waals surface area contributed by atoms with E-state index in [-0.39, 0.29) is 0 Å². The van der Waals surface area contributed by atoms with Crippen molar-refractivity contribution in [2.45, 2.75) is 103 Å². The zero-order valence-electron chi connectivity index (χ0n) is 17.4. The molecule has 0 aromatic carbocycles. The van der Waals surface area contributed by atoms with Crippen LogP contribution in [-0.2, 0) is 0 Å². The first-order chi connectivity index (χ1) is 12.2. The largest absolute Gasteiger partial charge is 0.390 e. The van der Waals surface area contributed by atoms with Gasteiger partial charge >= 0.3 is 0 Å². The molecule has 0 amide bonds. The third-order valence-electron chi connectivity index (χ3n) is 9.25. The maximum absolute atomic E-state index is 11.1. The van der Waals surface area contributed by atoms with Crippen LogP contribution in [0.15, 0.2) is 11.6 Å². The van der Waals surface area contributed by atoms with Crippen molar-refractivity contribution < 1.29 is 10.2 Å². The minimum Gasteiger partial charge on any atom is -0.390 e. The Kier molecular flexibility index (Phi) is 4.63. The molecule has 3 fully saturated rings. The Morgan fingerprint density at radius 3 is 2.54 bits per heavy atom. The third kappa shape index (κ3) is 2.91. The minimum atomic E-state index is -0.493. The van der Waals surface area contributed by atoms with Crippen LogP contribution in [0, 0.1) is 35.0 Å². The van der Waals surface area contributed by atoms with Gasteiger partial charge in [-0.05, 0) is 107 Å². The number of rotatable bonds is 3. The Hall–Kier alpha value is -0.340. The standard InChI is InChI=1S/C24H40O2/c1-5-12-24(4,26)21-11-8-17-18-7-6-16-15-22(2,25)13-14-23(16,3)20(18)10-9-19(17)21/h6,17-21,25-26H,5,7-15H2,1-4H3/t17-,18-,19-,20-,21?,22-,23-,24-/m0/s1. The zero-order chi connectivity index (χ0) is 18.7. The van der Waals surface area contributed by atoms with Crippen LogP contribution in [0.2, 0.25) is 0 Å². The van der Waals surface area contributed by atoms with Crippen LogP contribution in [0.4, 0.5) is 0 Å². The smallest absolute Gasteiger partial charge is 0.0657 e. The molecule has 0 aromatic heterocycles. The van der Waals surface area contributed by atoms with E-state index < -0.39 is 11.2 Å². The number of fused-ring (bicyclic) bond motifs is 5. The lowest BCUT2D eigenvalue weighted by Crippen LogP contribution is -2.50. The van der Waals surface area contributed by atoms with Gasteiger partial charge < -0.3 is 10.2 Å². The van der Waals surface area contributed by atoms with E-state index in [9.17, 15) is 10.2 Å². The molecule has 0 heterocycles. The molecule has 4 aliphatic rings. The molecule has 0 aliphatic heterocycles. The van der Waals surface area contributed by atoms with E-state index in [1.54, 1.807) is 5.57 Å². The predicted molar refractivity (Wildman–Crippen MR) is 107 cm³/mol. The Bertz CT molecular complexity index is 575. The van der Waals surface area contributed by atoms with Crippen LogP contribution in [0.5, 0.6) is 0 Å². The number of allylic oxidation sites excluding steroid dienone is 1. The SMILES string of the molecule is CCC[C@](C)(O)C1CC[C@H]2[C@@H]3CC=C4C[C@@](C)(O)CC[C@]4(C)[C@H]3CC[C@H]12. The molecular formula is C24H40O2. The van der Waals surface area contributed by atoms with Gasteiger partial charge in [0.15, 0.2) is 0 Å². The van der Waals surface area contributed by atoms with Crippen LogP contribution < -0.4 is 0 Å². The molecule has 4 aliphatic carbocycles. The van der Waals surface area contributed by atoms with Gasteiger partial charge in [0.25, 0.3) is 0 Å². The third-order valence-corrected chi connectivity index (χ3v) is 9.25. The summed E-state index contributed by atoms with van der Waals surface area (Å²) in [5.74, 6) is 3.68. The molecule has 2 nitrogen and oxygen atoms in total. The van der Waals surface area contributed by atoms with Gasteiger partial charge in [-0.2, -0.15) is 0 Å². The highest BCUT2D eigenvalue weighted by atomic mass is 16.3. The number of hydrogen-bond acceptors (Lipinski definition) is 2. The molecule has 2 heteroatoms. The minimum absolute atomic E-state index is 0.320. The van der Waals surface area contributed by atoms with E-state index in [4.69, 9.17) is 0 Å². The summed E-state index contributed by atoms with van der Waals surface area (Å²) in [5, 5.41) is 21.7. The molecule has 0 spiro atoms. The highest BCUT2D eigenvalue weighted by Crippen LogP contribution is 2.63. The van der Waals surface area contributed by atoms with Crippen LogP contribution in [0.3, 0.4) is 0 Å². The van der Waals surface area contributed by atoms with E-state index in [2.05, 4.69) is 26.8 Å². The first kappa shape index (κ1) is 19.0.